The Morgan fingerprint density at radius 1 is 0.783 bits per heavy atom. The summed E-state index contributed by atoms with van der Waals surface area (Å²) >= 11 is 0. The van der Waals surface area contributed by atoms with Crippen LogP contribution < -0.4 is 9.05 Å². The van der Waals surface area contributed by atoms with Crippen LogP contribution in [0.2, 0.25) is 0 Å². The molecular formula is C18H23NO2P2. The van der Waals surface area contributed by atoms with Crippen molar-refractivity contribution >= 4 is 17.6 Å². The molecule has 2 rings (SSSR count). The van der Waals surface area contributed by atoms with Crippen LogP contribution in [0.15, 0.2) is 53.0 Å². The quantitative estimate of drug-likeness (QED) is 0.508. The minimum absolute atomic E-state index is 0.0340. The zero-order chi connectivity index (χ0) is 16.7. The van der Waals surface area contributed by atoms with Crippen LogP contribution in [0.5, 0.6) is 11.5 Å². The lowest BCUT2D eigenvalue weighted by molar-refractivity contribution is 0.625. The summed E-state index contributed by atoms with van der Waals surface area (Å²) in [6.07, 6.45) is 0. The standard InChI is InChI=1S/C18H23NO2P2/c1-13(2)15-5-9-17(10-6-15)20-22-19-23-21-18-11-7-16(8-12-18)14(3)4/h5-14,22H,1-4H3. The van der Waals surface area contributed by atoms with Crippen molar-refractivity contribution in [3.8, 4) is 11.5 Å². The Hall–Kier alpha value is -1.43. The van der Waals surface area contributed by atoms with Crippen LogP contribution in [0.1, 0.15) is 50.7 Å². The fourth-order valence-electron chi connectivity index (χ4n) is 1.99. The molecule has 0 aromatic heterocycles. The number of hydrogen-bond acceptors (Lipinski definition) is 3. The van der Waals surface area contributed by atoms with Gasteiger partial charge in [0.1, 0.15) is 11.5 Å². The lowest BCUT2D eigenvalue weighted by Gasteiger charge is -2.06. The highest BCUT2D eigenvalue weighted by Gasteiger charge is 2.00. The Labute approximate surface area is 142 Å². The van der Waals surface area contributed by atoms with Gasteiger partial charge in [-0.05, 0) is 47.2 Å². The van der Waals surface area contributed by atoms with Crippen molar-refractivity contribution in [1.29, 1.82) is 0 Å². The van der Waals surface area contributed by atoms with Gasteiger partial charge in [-0.25, -0.2) is 0 Å². The van der Waals surface area contributed by atoms with E-state index in [1.807, 2.05) is 24.3 Å². The van der Waals surface area contributed by atoms with Crippen molar-refractivity contribution in [3.05, 3.63) is 59.7 Å². The van der Waals surface area contributed by atoms with E-state index in [9.17, 15) is 0 Å². The third-order valence-electron chi connectivity index (χ3n) is 3.48. The fourth-order valence-corrected chi connectivity index (χ4v) is 2.91. The van der Waals surface area contributed by atoms with Crippen LogP contribution in [0.25, 0.3) is 0 Å². The Morgan fingerprint density at radius 3 is 1.74 bits per heavy atom. The average molecular weight is 347 g/mol. The van der Waals surface area contributed by atoms with Crippen LogP contribution in [0.4, 0.5) is 0 Å². The molecule has 0 spiro atoms. The molecule has 5 heteroatoms. The molecule has 0 bridgehead atoms. The van der Waals surface area contributed by atoms with E-state index in [4.69, 9.17) is 9.05 Å². The molecule has 0 radical (unpaired) electrons. The van der Waals surface area contributed by atoms with Gasteiger partial charge >= 0.3 is 0 Å². The maximum atomic E-state index is 5.60. The lowest BCUT2D eigenvalue weighted by Crippen LogP contribution is -1.86. The summed E-state index contributed by atoms with van der Waals surface area (Å²) in [5, 5.41) is 0. The van der Waals surface area contributed by atoms with Gasteiger partial charge in [0.2, 0.25) is 17.6 Å². The zero-order valence-corrected chi connectivity index (χ0v) is 15.9. The maximum absolute atomic E-state index is 5.60. The number of rotatable bonds is 7. The number of hydrogen-bond donors (Lipinski definition) is 0. The van der Waals surface area contributed by atoms with E-state index in [0.29, 0.717) is 20.4 Å². The molecule has 0 saturated carbocycles. The van der Waals surface area contributed by atoms with Crippen molar-refractivity contribution < 1.29 is 9.05 Å². The van der Waals surface area contributed by atoms with E-state index in [1.54, 1.807) is 0 Å². The van der Waals surface area contributed by atoms with Crippen LogP contribution >= 0.6 is 17.6 Å². The number of nitrogens with zero attached hydrogens (tertiary/aromatic N) is 1. The second kappa shape index (κ2) is 9.01. The van der Waals surface area contributed by atoms with Crippen molar-refractivity contribution in [3.63, 3.8) is 0 Å². The zero-order valence-electron chi connectivity index (χ0n) is 14.0. The van der Waals surface area contributed by atoms with E-state index in [2.05, 4.69) is 56.5 Å². The summed E-state index contributed by atoms with van der Waals surface area (Å²) in [7, 11) is 0.593. The van der Waals surface area contributed by atoms with Crippen molar-refractivity contribution in [2.75, 3.05) is 0 Å². The highest BCUT2D eigenvalue weighted by atomic mass is 31.1. The molecule has 0 heterocycles. The second-order valence-electron chi connectivity index (χ2n) is 5.91. The Morgan fingerprint density at radius 2 is 1.26 bits per heavy atom. The van der Waals surface area contributed by atoms with Crippen LogP contribution in [0, 0.1) is 0 Å². The van der Waals surface area contributed by atoms with Gasteiger partial charge in [0, 0.05) is 0 Å². The van der Waals surface area contributed by atoms with Gasteiger partial charge in [0.25, 0.3) is 0 Å². The van der Waals surface area contributed by atoms with Gasteiger partial charge in [0.05, 0.1) is 0 Å². The van der Waals surface area contributed by atoms with Crippen LogP contribution in [-0.2, 0) is 0 Å². The third-order valence-corrected chi connectivity index (χ3v) is 4.76. The first-order valence-corrected chi connectivity index (χ1v) is 9.37. The van der Waals surface area contributed by atoms with Crippen molar-refractivity contribution in [1.82, 2.24) is 0 Å². The third kappa shape index (κ3) is 5.94. The predicted octanol–water partition coefficient (Wildman–Crippen LogP) is 6.94. The minimum atomic E-state index is 0.0340. The molecule has 0 saturated heterocycles. The van der Waals surface area contributed by atoms with Gasteiger partial charge in [0.15, 0.2) is 0 Å². The van der Waals surface area contributed by atoms with E-state index < -0.39 is 0 Å². The number of benzene rings is 2. The van der Waals surface area contributed by atoms with Crippen molar-refractivity contribution in [2.24, 2.45) is 4.52 Å². The van der Waals surface area contributed by atoms with E-state index >= 15 is 0 Å². The van der Waals surface area contributed by atoms with E-state index in [0.717, 1.165) is 11.5 Å². The summed E-state index contributed by atoms with van der Waals surface area (Å²) in [4.78, 5) is 0. The van der Waals surface area contributed by atoms with Crippen LogP contribution in [0.3, 0.4) is 0 Å². The summed E-state index contributed by atoms with van der Waals surface area (Å²) in [6, 6.07) is 16.3. The molecule has 0 amide bonds. The summed E-state index contributed by atoms with van der Waals surface area (Å²) in [5.74, 6) is 2.73. The molecule has 1 unspecified atom stereocenters. The lowest BCUT2D eigenvalue weighted by atomic mass is 10.0. The Kier molecular flexibility index (Phi) is 7.02. The van der Waals surface area contributed by atoms with Gasteiger partial charge in [-0.15, -0.1) is 0 Å². The molecule has 0 N–H and O–H groups in total. The van der Waals surface area contributed by atoms with Gasteiger partial charge in [-0.2, -0.15) is 4.52 Å². The highest BCUT2D eigenvalue weighted by Crippen LogP contribution is 2.28. The maximum Gasteiger partial charge on any atom is 0.249 e. The molecule has 23 heavy (non-hydrogen) atoms. The summed E-state index contributed by atoms with van der Waals surface area (Å²) < 4.78 is 15.4. The molecule has 122 valence electrons. The monoisotopic (exact) mass is 347 g/mol. The largest absolute Gasteiger partial charge is 0.454 e. The van der Waals surface area contributed by atoms with E-state index in [-0.39, 0.29) is 8.96 Å². The molecule has 0 fully saturated rings. The first-order valence-electron chi connectivity index (χ1n) is 7.75. The Bertz CT molecular complexity index is 622. The molecular weight excluding hydrogens is 324 g/mol. The average Bonchev–Trinajstić information content (AvgIpc) is 2.55. The second-order valence-corrected chi connectivity index (χ2v) is 7.45. The first kappa shape index (κ1) is 17.9. The topological polar surface area (TPSA) is 30.8 Å². The molecule has 3 nitrogen and oxygen atoms in total. The van der Waals surface area contributed by atoms with Gasteiger partial charge < -0.3 is 9.05 Å². The fraction of sp³-hybridized carbons (Fsp3) is 0.333. The molecule has 0 aliphatic rings. The van der Waals surface area contributed by atoms with Gasteiger partial charge in [-0.3, -0.25) is 0 Å². The molecule has 0 aliphatic carbocycles. The first-order chi connectivity index (χ1) is 11.1. The van der Waals surface area contributed by atoms with Crippen LogP contribution in [-0.4, -0.2) is 0 Å². The molecule has 0 aliphatic heterocycles. The van der Waals surface area contributed by atoms with Gasteiger partial charge in [-0.1, -0.05) is 52.0 Å². The predicted molar refractivity (Wildman–Crippen MR) is 100.0 cm³/mol. The highest BCUT2D eigenvalue weighted by molar-refractivity contribution is 7.39. The Balaban J connectivity index is 1.76. The SMILES string of the molecule is CC(C)c1ccc(OP=NPOc2ccc(C(C)C)cc2)cc1. The molecule has 2 aromatic rings. The normalized spacial score (nSPS) is 11.9. The van der Waals surface area contributed by atoms with Crippen molar-refractivity contribution in [2.45, 2.75) is 39.5 Å². The summed E-state index contributed by atoms with van der Waals surface area (Å²) in [6.45, 7) is 8.71. The minimum Gasteiger partial charge on any atom is -0.454 e. The smallest absolute Gasteiger partial charge is 0.249 e. The molecule has 1 atom stereocenters. The van der Waals surface area contributed by atoms with E-state index in [1.165, 1.54) is 11.1 Å². The summed E-state index contributed by atoms with van der Waals surface area (Å²) in [5.41, 5.74) is 2.62. The molecule has 2 aromatic carbocycles.